The Morgan fingerprint density at radius 3 is 2.72 bits per heavy atom. The third kappa shape index (κ3) is 2.45. The van der Waals surface area contributed by atoms with Gasteiger partial charge < -0.3 is 11.5 Å². The van der Waals surface area contributed by atoms with E-state index in [1.54, 1.807) is 15.6 Å². The van der Waals surface area contributed by atoms with Crippen LogP contribution in [0.4, 0.5) is 11.5 Å². The lowest BCUT2D eigenvalue weighted by atomic mass is 10.1. The number of hydrogen-bond acceptors (Lipinski definition) is 7. The van der Waals surface area contributed by atoms with Crippen molar-refractivity contribution >= 4 is 22.5 Å². The Balaban J connectivity index is 1.89. The number of aromatic nitrogens is 7. The van der Waals surface area contributed by atoms with Crippen molar-refractivity contribution in [1.82, 2.24) is 34.7 Å². The van der Waals surface area contributed by atoms with Crippen molar-refractivity contribution in [2.45, 2.75) is 19.9 Å². The molecule has 0 amide bonds. The highest BCUT2D eigenvalue weighted by atomic mass is 15.5. The minimum absolute atomic E-state index is 0.113. The van der Waals surface area contributed by atoms with E-state index in [1.807, 2.05) is 38.1 Å². The maximum atomic E-state index is 6.06. The maximum absolute atomic E-state index is 6.06. The summed E-state index contributed by atoms with van der Waals surface area (Å²) in [5.41, 5.74) is 14.8. The summed E-state index contributed by atoms with van der Waals surface area (Å²) in [4.78, 5) is 8.40. The van der Waals surface area contributed by atoms with Gasteiger partial charge in [-0.3, -0.25) is 0 Å². The fourth-order valence-electron chi connectivity index (χ4n) is 2.70. The molecule has 0 aliphatic carbocycles. The van der Waals surface area contributed by atoms with Crippen LogP contribution in [-0.2, 0) is 0 Å². The van der Waals surface area contributed by atoms with Crippen molar-refractivity contribution in [2.75, 3.05) is 11.5 Å². The molecule has 9 nitrogen and oxygen atoms in total. The summed E-state index contributed by atoms with van der Waals surface area (Å²) >= 11 is 0. The van der Waals surface area contributed by atoms with Crippen LogP contribution >= 0.6 is 0 Å². The maximum Gasteiger partial charge on any atom is 0.190 e. The van der Waals surface area contributed by atoms with Crippen molar-refractivity contribution in [2.24, 2.45) is 0 Å². The molecule has 1 aromatic carbocycles. The van der Waals surface area contributed by atoms with Crippen LogP contribution in [-0.4, -0.2) is 34.7 Å². The Labute approximate surface area is 143 Å². The number of nitrogen functional groups attached to an aromatic ring is 2. The van der Waals surface area contributed by atoms with Gasteiger partial charge in [0.1, 0.15) is 23.2 Å². The molecule has 0 saturated heterocycles. The molecule has 0 radical (unpaired) electrons. The molecule has 0 spiro atoms. The molecule has 0 fully saturated rings. The van der Waals surface area contributed by atoms with Gasteiger partial charge in [-0.1, -0.05) is 17.3 Å². The molecule has 3 heterocycles. The van der Waals surface area contributed by atoms with Crippen LogP contribution in [0.5, 0.6) is 0 Å². The normalized spacial score (nSPS) is 11.5. The summed E-state index contributed by atoms with van der Waals surface area (Å²) in [7, 11) is 0. The van der Waals surface area contributed by atoms with Crippen molar-refractivity contribution in [3.05, 3.63) is 36.8 Å². The first kappa shape index (κ1) is 15.1. The summed E-state index contributed by atoms with van der Waals surface area (Å²) in [6, 6.07) is 7.58. The van der Waals surface area contributed by atoms with Crippen LogP contribution < -0.4 is 11.5 Å². The Kier molecular flexibility index (Phi) is 3.34. The SMILES string of the molecule is CC(C)n1nc(-n2cc(-c3cccc(N)c3)nn2)c2c(N)ncnc21. The van der Waals surface area contributed by atoms with Gasteiger partial charge in [0.15, 0.2) is 11.5 Å². The molecule has 0 unspecified atom stereocenters. The average Bonchev–Trinajstić information content (AvgIpc) is 3.20. The first-order chi connectivity index (χ1) is 12.0. The minimum Gasteiger partial charge on any atom is -0.399 e. The van der Waals surface area contributed by atoms with E-state index in [4.69, 9.17) is 11.5 Å². The average molecular weight is 335 g/mol. The van der Waals surface area contributed by atoms with E-state index in [0.717, 1.165) is 5.56 Å². The first-order valence-corrected chi connectivity index (χ1v) is 7.82. The second-order valence-corrected chi connectivity index (χ2v) is 5.99. The third-order valence-electron chi connectivity index (χ3n) is 3.88. The van der Waals surface area contributed by atoms with Gasteiger partial charge in [0.2, 0.25) is 0 Å². The van der Waals surface area contributed by atoms with Crippen LogP contribution in [0.15, 0.2) is 36.8 Å². The second kappa shape index (κ2) is 5.55. The van der Waals surface area contributed by atoms with Gasteiger partial charge in [-0.25, -0.2) is 14.6 Å². The topological polar surface area (TPSA) is 126 Å². The molecular formula is C16H17N9. The summed E-state index contributed by atoms with van der Waals surface area (Å²) < 4.78 is 3.38. The van der Waals surface area contributed by atoms with Crippen LogP contribution in [0.2, 0.25) is 0 Å². The second-order valence-electron chi connectivity index (χ2n) is 5.99. The molecule has 0 aliphatic rings. The Morgan fingerprint density at radius 1 is 1.12 bits per heavy atom. The molecule has 4 rings (SSSR count). The molecule has 3 aromatic heterocycles. The van der Waals surface area contributed by atoms with Crippen molar-refractivity contribution < 1.29 is 0 Å². The predicted molar refractivity (Wildman–Crippen MR) is 94.9 cm³/mol. The van der Waals surface area contributed by atoms with E-state index in [9.17, 15) is 0 Å². The molecule has 25 heavy (non-hydrogen) atoms. The van der Waals surface area contributed by atoms with E-state index in [-0.39, 0.29) is 6.04 Å². The third-order valence-corrected chi connectivity index (χ3v) is 3.88. The monoisotopic (exact) mass is 335 g/mol. The van der Waals surface area contributed by atoms with Gasteiger partial charge >= 0.3 is 0 Å². The largest absolute Gasteiger partial charge is 0.399 e. The van der Waals surface area contributed by atoms with Gasteiger partial charge in [0, 0.05) is 17.3 Å². The molecule has 4 N–H and O–H groups in total. The number of anilines is 2. The van der Waals surface area contributed by atoms with E-state index >= 15 is 0 Å². The number of nitrogens with two attached hydrogens (primary N) is 2. The quantitative estimate of drug-likeness (QED) is 0.547. The fraction of sp³-hybridized carbons (Fsp3) is 0.188. The number of hydrogen-bond donors (Lipinski definition) is 2. The fourth-order valence-corrected chi connectivity index (χ4v) is 2.70. The molecule has 0 bridgehead atoms. The van der Waals surface area contributed by atoms with Gasteiger partial charge in [-0.05, 0) is 26.0 Å². The summed E-state index contributed by atoms with van der Waals surface area (Å²) in [5, 5.41) is 13.7. The highest BCUT2D eigenvalue weighted by molar-refractivity contribution is 5.92. The number of benzene rings is 1. The lowest BCUT2D eigenvalue weighted by Gasteiger charge is -2.05. The Morgan fingerprint density at radius 2 is 1.96 bits per heavy atom. The van der Waals surface area contributed by atoms with Gasteiger partial charge in [0.05, 0.1) is 6.20 Å². The minimum atomic E-state index is 0.113. The highest BCUT2D eigenvalue weighted by Crippen LogP contribution is 2.27. The van der Waals surface area contributed by atoms with Crippen LogP contribution in [0.1, 0.15) is 19.9 Å². The highest BCUT2D eigenvalue weighted by Gasteiger charge is 2.19. The lowest BCUT2D eigenvalue weighted by Crippen LogP contribution is -2.05. The molecular weight excluding hydrogens is 318 g/mol. The van der Waals surface area contributed by atoms with Crippen molar-refractivity contribution in [1.29, 1.82) is 0 Å². The van der Waals surface area contributed by atoms with Crippen molar-refractivity contribution in [3.8, 4) is 17.1 Å². The van der Waals surface area contributed by atoms with Gasteiger partial charge in [-0.15, -0.1) is 10.2 Å². The van der Waals surface area contributed by atoms with Crippen LogP contribution in [0.25, 0.3) is 28.1 Å². The number of fused-ring (bicyclic) bond motifs is 1. The predicted octanol–water partition coefficient (Wildman–Crippen LogP) is 1.82. The van der Waals surface area contributed by atoms with Crippen LogP contribution in [0, 0.1) is 0 Å². The standard InChI is InChI=1S/C16H17N9/c1-9(2)25-15-13(14(18)19-8-20-15)16(22-25)24-7-12(21-23-24)10-4-3-5-11(17)6-10/h3-9H,17H2,1-2H3,(H2,18,19,20). The zero-order valence-electron chi connectivity index (χ0n) is 13.8. The first-order valence-electron chi connectivity index (χ1n) is 7.82. The molecule has 0 saturated carbocycles. The van der Waals surface area contributed by atoms with Gasteiger partial charge in [0.25, 0.3) is 0 Å². The van der Waals surface area contributed by atoms with E-state index in [0.29, 0.717) is 34.1 Å². The Hall–Kier alpha value is -3.49. The molecule has 0 atom stereocenters. The van der Waals surface area contributed by atoms with Crippen molar-refractivity contribution in [3.63, 3.8) is 0 Å². The zero-order valence-corrected chi connectivity index (χ0v) is 13.8. The molecule has 126 valence electrons. The van der Waals surface area contributed by atoms with E-state index < -0.39 is 0 Å². The Bertz CT molecular complexity index is 1060. The summed E-state index contributed by atoms with van der Waals surface area (Å²) in [6.45, 7) is 4.04. The smallest absolute Gasteiger partial charge is 0.190 e. The van der Waals surface area contributed by atoms with Crippen LogP contribution in [0.3, 0.4) is 0 Å². The lowest BCUT2D eigenvalue weighted by molar-refractivity contribution is 0.540. The number of rotatable bonds is 3. The summed E-state index contributed by atoms with van der Waals surface area (Å²) in [6.07, 6.45) is 3.22. The number of nitrogens with zero attached hydrogens (tertiary/aromatic N) is 7. The molecule has 0 aliphatic heterocycles. The summed E-state index contributed by atoms with van der Waals surface area (Å²) in [5.74, 6) is 0.900. The van der Waals surface area contributed by atoms with Gasteiger partial charge in [-0.2, -0.15) is 4.68 Å². The van der Waals surface area contributed by atoms with E-state index in [1.165, 1.54) is 6.33 Å². The molecule has 4 aromatic rings. The zero-order chi connectivity index (χ0) is 17.6. The van der Waals surface area contributed by atoms with E-state index in [2.05, 4.69) is 25.4 Å². The molecule has 9 heteroatoms.